The van der Waals surface area contributed by atoms with E-state index in [0.717, 1.165) is 36.0 Å². The summed E-state index contributed by atoms with van der Waals surface area (Å²) >= 11 is 1.83. The lowest BCUT2D eigenvalue weighted by Gasteiger charge is -2.06. The van der Waals surface area contributed by atoms with E-state index in [1.165, 1.54) is 0 Å². The van der Waals surface area contributed by atoms with E-state index < -0.39 is 0 Å². The molecule has 0 aliphatic heterocycles. The van der Waals surface area contributed by atoms with E-state index in [4.69, 9.17) is 15.2 Å². The molecule has 1 aromatic carbocycles. The van der Waals surface area contributed by atoms with Crippen molar-refractivity contribution in [1.29, 1.82) is 0 Å². The molecule has 3 nitrogen and oxygen atoms in total. The topological polar surface area (TPSA) is 44.5 Å². The van der Waals surface area contributed by atoms with Crippen LogP contribution in [0.25, 0.3) is 0 Å². The van der Waals surface area contributed by atoms with Crippen LogP contribution in [0, 0.1) is 0 Å². The molecule has 0 unspecified atom stereocenters. The largest absolute Gasteiger partial charge is 0.493 e. The lowest BCUT2D eigenvalue weighted by Crippen LogP contribution is -2.02. The van der Waals surface area contributed by atoms with Crippen molar-refractivity contribution >= 4 is 11.8 Å². The van der Waals surface area contributed by atoms with Gasteiger partial charge >= 0.3 is 0 Å². The van der Waals surface area contributed by atoms with Gasteiger partial charge in [0.2, 0.25) is 0 Å². The molecule has 0 aliphatic carbocycles. The van der Waals surface area contributed by atoms with Gasteiger partial charge in [-0.05, 0) is 17.7 Å². The fourth-order valence-corrected chi connectivity index (χ4v) is 1.87. The summed E-state index contributed by atoms with van der Waals surface area (Å²) in [4.78, 5) is 0. The van der Waals surface area contributed by atoms with Crippen molar-refractivity contribution < 1.29 is 9.47 Å². The molecule has 0 saturated carbocycles. The highest BCUT2D eigenvalue weighted by Crippen LogP contribution is 2.12. The van der Waals surface area contributed by atoms with Crippen LogP contribution in [0.15, 0.2) is 24.3 Å². The van der Waals surface area contributed by atoms with E-state index in [1.807, 2.05) is 36.0 Å². The highest BCUT2D eigenvalue weighted by molar-refractivity contribution is 7.99. The molecule has 2 N–H and O–H groups in total. The maximum atomic E-state index is 5.58. The minimum Gasteiger partial charge on any atom is -0.493 e. The molecule has 0 atom stereocenters. The van der Waals surface area contributed by atoms with Crippen LogP contribution < -0.4 is 10.5 Å². The molecule has 4 heteroatoms. The number of rotatable bonds is 8. The molecule has 0 radical (unpaired) electrons. The lowest BCUT2D eigenvalue weighted by atomic mass is 10.2. The van der Waals surface area contributed by atoms with Gasteiger partial charge in [0, 0.05) is 25.2 Å². The van der Waals surface area contributed by atoms with Crippen LogP contribution in [-0.4, -0.2) is 31.8 Å². The van der Waals surface area contributed by atoms with Gasteiger partial charge in [-0.25, -0.2) is 0 Å². The number of thioether (sulfide) groups is 1. The number of ether oxygens (including phenoxy) is 2. The number of hydrogen-bond acceptors (Lipinski definition) is 4. The van der Waals surface area contributed by atoms with E-state index in [-0.39, 0.29) is 0 Å². The van der Waals surface area contributed by atoms with Crippen molar-refractivity contribution in [3.05, 3.63) is 29.8 Å². The fourth-order valence-electron chi connectivity index (χ4n) is 1.18. The molecule has 0 spiro atoms. The standard InChI is InChI=1S/C12H19NO2S/c1-14-6-8-16-9-7-15-12-4-2-11(10-13)3-5-12/h2-5H,6-10,13H2,1H3. The number of benzene rings is 1. The molecule has 1 aromatic rings. The first-order chi connectivity index (χ1) is 7.86. The molecule has 0 bridgehead atoms. The quantitative estimate of drug-likeness (QED) is 0.706. The maximum Gasteiger partial charge on any atom is 0.119 e. The first-order valence-corrected chi connectivity index (χ1v) is 6.50. The summed E-state index contributed by atoms with van der Waals surface area (Å²) in [6.45, 7) is 2.11. The molecule has 16 heavy (non-hydrogen) atoms. The number of methoxy groups -OCH3 is 1. The van der Waals surface area contributed by atoms with Crippen LogP contribution in [0.5, 0.6) is 5.75 Å². The monoisotopic (exact) mass is 241 g/mol. The second kappa shape index (κ2) is 8.44. The second-order valence-electron chi connectivity index (χ2n) is 3.30. The van der Waals surface area contributed by atoms with Crippen molar-refractivity contribution in [3.8, 4) is 5.75 Å². The normalized spacial score (nSPS) is 10.4. The molecule has 0 fully saturated rings. The summed E-state index contributed by atoms with van der Waals surface area (Å²) in [6.07, 6.45) is 0. The van der Waals surface area contributed by atoms with E-state index in [0.29, 0.717) is 6.54 Å². The van der Waals surface area contributed by atoms with Crippen molar-refractivity contribution in [2.24, 2.45) is 5.73 Å². The zero-order valence-corrected chi connectivity index (χ0v) is 10.5. The van der Waals surface area contributed by atoms with Gasteiger partial charge in [0.15, 0.2) is 0 Å². The molecule has 0 heterocycles. The van der Waals surface area contributed by atoms with E-state index in [9.17, 15) is 0 Å². The third kappa shape index (κ3) is 5.39. The Balaban J connectivity index is 2.12. The third-order valence-corrected chi connectivity index (χ3v) is 3.00. The van der Waals surface area contributed by atoms with Crippen molar-refractivity contribution in [3.63, 3.8) is 0 Å². The predicted molar refractivity (Wildman–Crippen MR) is 69.0 cm³/mol. The van der Waals surface area contributed by atoms with Gasteiger partial charge in [-0.1, -0.05) is 12.1 Å². The summed E-state index contributed by atoms with van der Waals surface area (Å²) in [7, 11) is 1.72. The smallest absolute Gasteiger partial charge is 0.119 e. The average Bonchev–Trinajstić information content (AvgIpc) is 2.34. The van der Waals surface area contributed by atoms with Gasteiger partial charge in [-0.3, -0.25) is 0 Å². The Hall–Kier alpha value is -0.710. The van der Waals surface area contributed by atoms with Gasteiger partial charge in [0.25, 0.3) is 0 Å². The Morgan fingerprint density at radius 2 is 1.81 bits per heavy atom. The Bertz CT molecular complexity index is 277. The van der Waals surface area contributed by atoms with Crippen LogP contribution in [0.4, 0.5) is 0 Å². The fraction of sp³-hybridized carbons (Fsp3) is 0.500. The number of nitrogens with two attached hydrogens (primary N) is 1. The van der Waals surface area contributed by atoms with Crippen molar-refractivity contribution in [2.45, 2.75) is 6.54 Å². The summed E-state index contributed by atoms with van der Waals surface area (Å²) in [5.41, 5.74) is 6.64. The summed E-state index contributed by atoms with van der Waals surface area (Å²) < 4.78 is 10.5. The van der Waals surface area contributed by atoms with Gasteiger partial charge in [0.05, 0.1) is 13.2 Å². The third-order valence-electron chi connectivity index (χ3n) is 2.09. The van der Waals surface area contributed by atoms with Gasteiger partial charge in [-0.2, -0.15) is 11.8 Å². The maximum absolute atomic E-state index is 5.58. The summed E-state index contributed by atoms with van der Waals surface area (Å²) in [5, 5.41) is 0. The van der Waals surface area contributed by atoms with Crippen LogP contribution >= 0.6 is 11.8 Å². The zero-order chi connectivity index (χ0) is 11.6. The zero-order valence-electron chi connectivity index (χ0n) is 9.65. The lowest BCUT2D eigenvalue weighted by molar-refractivity contribution is 0.218. The van der Waals surface area contributed by atoms with Crippen LogP contribution in [-0.2, 0) is 11.3 Å². The van der Waals surface area contributed by atoms with Gasteiger partial charge in [0.1, 0.15) is 5.75 Å². The van der Waals surface area contributed by atoms with Gasteiger partial charge < -0.3 is 15.2 Å². The molecule has 1 rings (SSSR count). The Kier molecular flexibility index (Phi) is 7.05. The van der Waals surface area contributed by atoms with Crippen molar-refractivity contribution in [1.82, 2.24) is 0 Å². The highest BCUT2D eigenvalue weighted by Gasteiger charge is 1.94. The van der Waals surface area contributed by atoms with Crippen LogP contribution in [0.3, 0.4) is 0 Å². The Morgan fingerprint density at radius 1 is 1.12 bits per heavy atom. The summed E-state index contributed by atoms with van der Waals surface area (Å²) in [6, 6.07) is 7.91. The number of hydrogen-bond donors (Lipinski definition) is 1. The van der Waals surface area contributed by atoms with E-state index >= 15 is 0 Å². The molecular formula is C12H19NO2S. The van der Waals surface area contributed by atoms with E-state index in [2.05, 4.69) is 0 Å². The first kappa shape index (κ1) is 13.4. The Labute approximate surface area is 101 Å². The minimum atomic E-state index is 0.577. The van der Waals surface area contributed by atoms with Crippen LogP contribution in [0.2, 0.25) is 0 Å². The Morgan fingerprint density at radius 3 is 2.44 bits per heavy atom. The van der Waals surface area contributed by atoms with Gasteiger partial charge in [-0.15, -0.1) is 0 Å². The highest BCUT2D eigenvalue weighted by atomic mass is 32.2. The first-order valence-electron chi connectivity index (χ1n) is 5.35. The molecule has 0 aromatic heterocycles. The molecule has 90 valence electrons. The predicted octanol–water partition coefficient (Wildman–Crippen LogP) is 1.90. The summed E-state index contributed by atoms with van der Waals surface area (Å²) in [5.74, 6) is 2.91. The average molecular weight is 241 g/mol. The molecular weight excluding hydrogens is 222 g/mol. The second-order valence-corrected chi connectivity index (χ2v) is 4.53. The minimum absolute atomic E-state index is 0.577. The van der Waals surface area contributed by atoms with E-state index in [1.54, 1.807) is 7.11 Å². The molecule has 0 saturated heterocycles. The molecule has 0 amide bonds. The SMILES string of the molecule is COCCSCCOc1ccc(CN)cc1. The molecule has 0 aliphatic rings. The van der Waals surface area contributed by atoms with Crippen molar-refractivity contribution in [2.75, 3.05) is 31.8 Å². The van der Waals surface area contributed by atoms with Crippen LogP contribution in [0.1, 0.15) is 5.56 Å².